The highest BCUT2D eigenvalue weighted by atomic mass is 79.9. The van der Waals surface area contributed by atoms with E-state index in [9.17, 15) is 0 Å². The molecule has 0 aliphatic carbocycles. The van der Waals surface area contributed by atoms with E-state index in [1.165, 1.54) is 0 Å². The zero-order valence-electron chi connectivity index (χ0n) is 10.1. The highest BCUT2D eigenvalue weighted by Gasteiger charge is 2.01. The number of halogens is 1. The Bertz CT molecular complexity index is 644. The average Bonchev–Trinajstić information content (AvgIpc) is 3.08. The lowest BCUT2D eigenvalue weighted by molar-refractivity contribution is 0.495. The molecule has 0 amide bonds. The molecule has 3 rings (SSSR count). The van der Waals surface area contributed by atoms with Crippen molar-refractivity contribution in [3.05, 3.63) is 59.4 Å². The minimum Gasteiger partial charge on any atom is -0.452 e. The molecular formula is C14H12BrN3O. The Morgan fingerprint density at radius 3 is 2.63 bits per heavy atom. The normalized spacial score (nSPS) is 10.6. The predicted octanol–water partition coefficient (Wildman–Crippen LogP) is 4.04. The standard InChI is InChI=1S/C14H12BrN3O/c15-14-6-5-12(19-14)7-17-11-3-1-10(2-4-11)13-8-16-9-18-13/h1-6,8-9,17H,7H2,(H,16,18). The number of aromatic nitrogens is 2. The molecule has 2 N–H and O–H groups in total. The Labute approximate surface area is 119 Å². The van der Waals surface area contributed by atoms with Crippen LogP contribution in [0.15, 0.2) is 58.0 Å². The van der Waals surface area contributed by atoms with Gasteiger partial charge >= 0.3 is 0 Å². The fourth-order valence-electron chi connectivity index (χ4n) is 1.82. The van der Waals surface area contributed by atoms with E-state index in [-0.39, 0.29) is 0 Å². The first-order valence-electron chi connectivity index (χ1n) is 5.88. The Balaban J connectivity index is 1.66. The van der Waals surface area contributed by atoms with Crippen LogP contribution in [0.3, 0.4) is 0 Å². The van der Waals surface area contributed by atoms with Crippen LogP contribution in [0.25, 0.3) is 11.3 Å². The number of hydrogen-bond acceptors (Lipinski definition) is 3. The molecule has 3 aromatic rings. The van der Waals surface area contributed by atoms with Crippen LogP contribution in [0.1, 0.15) is 5.76 Å². The maximum Gasteiger partial charge on any atom is 0.169 e. The number of rotatable bonds is 4. The van der Waals surface area contributed by atoms with Gasteiger partial charge in [0.05, 0.1) is 24.8 Å². The number of imidazole rings is 1. The summed E-state index contributed by atoms with van der Waals surface area (Å²) in [5.74, 6) is 0.893. The van der Waals surface area contributed by atoms with Gasteiger partial charge in [-0.1, -0.05) is 12.1 Å². The van der Waals surface area contributed by atoms with Crippen molar-refractivity contribution in [1.29, 1.82) is 0 Å². The van der Waals surface area contributed by atoms with Gasteiger partial charge in [0.2, 0.25) is 0 Å². The molecule has 0 spiro atoms. The summed E-state index contributed by atoms with van der Waals surface area (Å²) in [5, 5.41) is 3.31. The Morgan fingerprint density at radius 1 is 1.16 bits per heavy atom. The van der Waals surface area contributed by atoms with Gasteiger partial charge in [-0.05, 0) is 45.8 Å². The largest absolute Gasteiger partial charge is 0.452 e. The van der Waals surface area contributed by atoms with E-state index in [1.807, 2.05) is 42.6 Å². The van der Waals surface area contributed by atoms with Crippen LogP contribution >= 0.6 is 15.9 Å². The Morgan fingerprint density at radius 2 is 2.00 bits per heavy atom. The summed E-state index contributed by atoms with van der Waals surface area (Å²) in [4.78, 5) is 7.09. The van der Waals surface area contributed by atoms with Gasteiger partial charge in [0.25, 0.3) is 0 Å². The molecule has 19 heavy (non-hydrogen) atoms. The summed E-state index contributed by atoms with van der Waals surface area (Å²) in [5.41, 5.74) is 3.18. The number of anilines is 1. The smallest absolute Gasteiger partial charge is 0.169 e. The van der Waals surface area contributed by atoms with Crippen LogP contribution in [0.5, 0.6) is 0 Å². The minimum atomic E-state index is 0.662. The minimum absolute atomic E-state index is 0.662. The van der Waals surface area contributed by atoms with Crippen LogP contribution in [-0.2, 0) is 6.54 Å². The molecule has 0 saturated carbocycles. The average molecular weight is 318 g/mol. The van der Waals surface area contributed by atoms with Crippen LogP contribution < -0.4 is 5.32 Å². The summed E-state index contributed by atoms with van der Waals surface area (Å²) in [6.07, 6.45) is 3.49. The van der Waals surface area contributed by atoms with Gasteiger partial charge in [0.1, 0.15) is 5.76 Å². The second-order valence-electron chi connectivity index (χ2n) is 4.10. The molecule has 2 aromatic heterocycles. The van der Waals surface area contributed by atoms with Crippen molar-refractivity contribution in [3.63, 3.8) is 0 Å². The maximum absolute atomic E-state index is 5.43. The highest BCUT2D eigenvalue weighted by Crippen LogP contribution is 2.20. The Hall–Kier alpha value is -2.01. The van der Waals surface area contributed by atoms with Gasteiger partial charge < -0.3 is 14.7 Å². The van der Waals surface area contributed by atoms with Gasteiger partial charge in [0.15, 0.2) is 4.67 Å². The van der Waals surface area contributed by atoms with Crippen molar-refractivity contribution in [2.75, 3.05) is 5.32 Å². The van der Waals surface area contributed by atoms with E-state index in [0.29, 0.717) is 6.54 Å². The number of nitrogens with one attached hydrogen (secondary N) is 2. The van der Waals surface area contributed by atoms with Gasteiger partial charge in [-0.25, -0.2) is 4.98 Å². The van der Waals surface area contributed by atoms with Gasteiger partial charge in [-0.2, -0.15) is 0 Å². The van der Waals surface area contributed by atoms with Crippen LogP contribution in [0.2, 0.25) is 0 Å². The molecule has 0 saturated heterocycles. The Kier molecular flexibility index (Phi) is 3.37. The summed E-state index contributed by atoms with van der Waals surface area (Å²) in [6.45, 7) is 0.662. The zero-order valence-corrected chi connectivity index (χ0v) is 11.6. The molecule has 4 nitrogen and oxygen atoms in total. The first kappa shape index (κ1) is 12.0. The summed E-state index contributed by atoms with van der Waals surface area (Å²) >= 11 is 3.29. The fourth-order valence-corrected chi connectivity index (χ4v) is 2.16. The van der Waals surface area contributed by atoms with Crippen molar-refractivity contribution >= 4 is 21.6 Å². The lowest BCUT2D eigenvalue weighted by Crippen LogP contribution is -1.97. The van der Waals surface area contributed by atoms with Gasteiger partial charge in [-0.15, -0.1) is 0 Å². The second kappa shape index (κ2) is 5.32. The van der Waals surface area contributed by atoms with Gasteiger partial charge in [0, 0.05) is 5.69 Å². The molecule has 1 aromatic carbocycles. The predicted molar refractivity (Wildman–Crippen MR) is 77.8 cm³/mol. The van der Waals surface area contributed by atoms with Crippen LogP contribution in [0.4, 0.5) is 5.69 Å². The summed E-state index contributed by atoms with van der Waals surface area (Å²) in [6, 6.07) is 12.0. The third-order valence-corrected chi connectivity index (χ3v) is 3.22. The molecule has 0 aliphatic rings. The van der Waals surface area contributed by atoms with Crippen molar-refractivity contribution in [2.45, 2.75) is 6.54 Å². The molecule has 0 unspecified atom stereocenters. The molecule has 0 bridgehead atoms. The molecular weight excluding hydrogens is 306 g/mol. The van der Waals surface area contributed by atoms with Crippen molar-refractivity contribution in [3.8, 4) is 11.3 Å². The molecule has 96 valence electrons. The number of furan rings is 1. The van der Waals surface area contributed by atoms with E-state index >= 15 is 0 Å². The molecule has 0 radical (unpaired) electrons. The van der Waals surface area contributed by atoms with Gasteiger partial charge in [-0.3, -0.25) is 0 Å². The topological polar surface area (TPSA) is 53.9 Å². The number of hydrogen-bond donors (Lipinski definition) is 2. The lowest BCUT2D eigenvalue weighted by atomic mass is 10.1. The van der Waals surface area contributed by atoms with Crippen molar-refractivity contribution < 1.29 is 4.42 Å². The number of H-pyrrole nitrogens is 1. The third kappa shape index (κ3) is 2.88. The monoisotopic (exact) mass is 317 g/mol. The van der Waals surface area contributed by atoms with Crippen molar-refractivity contribution in [1.82, 2.24) is 9.97 Å². The van der Waals surface area contributed by atoms with Crippen LogP contribution in [0, 0.1) is 0 Å². The molecule has 2 heterocycles. The quantitative estimate of drug-likeness (QED) is 0.763. The first-order valence-corrected chi connectivity index (χ1v) is 6.67. The molecule has 0 fully saturated rings. The summed E-state index contributed by atoms with van der Waals surface area (Å²) in [7, 11) is 0. The van der Waals surface area contributed by atoms with Crippen LogP contribution in [-0.4, -0.2) is 9.97 Å². The fraction of sp³-hybridized carbons (Fsp3) is 0.0714. The lowest BCUT2D eigenvalue weighted by Gasteiger charge is -2.05. The second-order valence-corrected chi connectivity index (χ2v) is 4.88. The molecule has 0 atom stereocenters. The van der Waals surface area contributed by atoms with E-state index in [4.69, 9.17) is 4.42 Å². The zero-order chi connectivity index (χ0) is 13.1. The number of aromatic amines is 1. The van der Waals surface area contributed by atoms with E-state index < -0.39 is 0 Å². The van der Waals surface area contributed by atoms with E-state index in [0.717, 1.165) is 27.4 Å². The third-order valence-electron chi connectivity index (χ3n) is 2.79. The maximum atomic E-state index is 5.43. The van der Waals surface area contributed by atoms with Crippen molar-refractivity contribution in [2.24, 2.45) is 0 Å². The first-order chi connectivity index (χ1) is 9.31. The SMILES string of the molecule is Brc1ccc(CNc2ccc(-c3cnc[nH]3)cc2)o1. The summed E-state index contributed by atoms with van der Waals surface area (Å²) < 4.78 is 6.18. The van der Waals surface area contributed by atoms with E-state index in [2.05, 4.69) is 31.2 Å². The number of benzene rings is 1. The van der Waals surface area contributed by atoms with E-state index in [1.54, 1.807) is 6.33 Å². The molecule has 5 heteroatoms. The number of nitrogens with zero attached hydrogens (tertiary/aromatic N) is 1. The highest BCUT2D eigenvalue weighted by molar-refractivity contribution is 9.10. The molecule has 0 aliphatic heterocycles.